The van der Waals surface area contributed by atoms with Gasteiger partial charge in [-0.1, -0.05) is 31.2 Å². The zero-order valence-electron chi connectivity index (χ0n) is 10.0. The summed E-state index contributed by atoms with van der Waals surface area (Å²) in [5.74, 6) is 0.318. The first-order valence-electron chi connectivity index (χ1n) is 6.01. The van der Waals surface area contributed by atoms with Crippen molar-refractivity contribution in [1.29, 1.82) is 0 Å². The van der Waals surface area contributed by atoms with E-state index in [1.165, 1.54) is 0 Å². The van der Waals surface area contributed by atoms with Crippen molar-refractivity contribution in [2.24, 2.45) is 5.41 Å². The molecule has 0 spiro atoms. The Labute approximate surface area is 97.1 Å². The quantitative estimate of drug-likeness (QED) is 0.788. The maximum Gasteiger partial charge on any atom is 0.170 e. The molecule has 1 saturated heterocycles. The van der Waals surface area contributed by atoms with E-state index in [-0.39, 0.29) is 5.41 Å². The molecule has 16 heavy (non-hydrogen) atoms. The molecule has 0 bridgehead atoms. The zero-order chi connectivity index (χ0) is 11.6. The number of ketones is 1. The highest BCUT2D eigenvalue weighted by atomic mass is 16.1. The molecular formula is C14H19NO. The molecule has 0 aliphatic carbocycles. The van der Waals surface area contributed by atoms with Crippen LogP contribution in [0.4, 0.5) is 0 Å². The van der Waals surface area contributed by atoms with E-state index < -0.39 is 0 Å². The molecule has 0 amide bonds. The van der Waals surface area contributed by atoms with Gasteiger partial charge >= 0.3 is 0 Å². The number of benzene rings is 1. The Balaban J connectivity index is 2.34. The molecule has 2 nitrogen and oxygen atoms in total. The minimum absolute atomic E-state index is 0.161. The molecule has 2 heteroatoms. The third-order valence-corrected chi connectivity index (χ3v) is 3.79. The van der Waals surface area contributed by atoms with E-state index in [0.29, 0.717) is 5.78 Å². The van der Waals surface area contributed by atoms with Gasteiger partial charge in [0.05, 0.1) is 0 Å². The van der Waals surface area contributed by atoms with Crippen LogP contribution in [0, 0.1) is 12.3 Å². The molecule has 1 aliphatic rings. The van der Waals surface area contributed by atoms with Gasteiger partial charge in [0.2, 0.25) is 0 Å². The summed E-state index contributed by atoms with van der Waals surface area (Å²) in [6.07, 6.45) is 1.89. The fourth-order valence-corrected chi connectivity index (χ4v) is 2.51. The number of nitrogens with one attached hydrogen (secondary N) is 1. The minimum Gasteiger partial charge on any atom is -0.316 e. The first-order valence-corrected chi connectivity index (χ1v) is 6.01. The highest BCUT2D eigenvalue weighted by molar-refractivity contribution is 6.02. The van der Waals surface area contributed by atoms with Crippen LogP contribution < -0.4 is 5.32 Å². The molecule has 1 aliphatic heterocycles. The van der Waals surface area contributed by atoms with Crippen molar-refractivity contribution < 1.29 is 4.79 Å². The van der Waals surface area contributed by atoms with Crippen LogP contribution in [0.3, 0.4) is 0 Å². The van der Waals surface area contributed by atoms with Gasteiger partial charge in [0.25, 0.3) is 0 Å². The standard InChI is InChI=1S/C14H19NO/c1-3-14(8-9-15-10-14)13(16)12-7-5-4-6-11(12)2/h4-7,15H,3,8-10H2,1-2H3. The number of carbonyl (C=O) groups excluding carboxylic acids is 1. The molecule has 1 N–H and O–H groups in total. The molecule has 86 valence electrons. The van der Waals surface area contributed by atoms with Gasteiger partial charge in [-0.15, -0.1) is 0 Å². The molecule has 0 saturated carbocycles. The molecule has 1 atom stereocenters. The summed E-state index contributed by atoms with van der Waals surface area (Å²) >= 11 is 0. The lowest BCUT2D eigenvalue weighted by atomic mass is 9.76. The van der Waals surface area contributed by atoms with Crippen LogP contribution in [-0.2, 0) is 0 Å². The summed E-state index contributed by atoms with van der Waals surface area (Å²) in [5, 5.41) is 3.31. The Morgan fingerprint density at radius 1 is 1.44 bits per heavy atom. The van der Waals surface area contributed by atoms with E-state index in [4.69, 9.17) is 0 Å². The second-order valence-corrected chi connectivity index (χ2v) is 4.70. The normalized spacial score (nSPS) is 24.6. The highest BCUT2D eigenvalue weighted by Crippen LogP contribution is 2.34. The maximum atomic E-state index is 12.6. The van der Waals surface area contributed by atoms with Crippen molar-refractivity contribution in [2.45, 2.75) is 26.7 Å². The van der Waals surface area contributed by atoms with Crippen LogP contribution in [0.25, 0.3) is 0 Å². The Morgan fingerprint density at radius 3 is 2.75 bits per heavy atom. The number of carbonyl (C=O) groups is 1. The molecule has 1 aromatic carbocycles. The lowest BCUT2D eigenvalue weighted by Gasteiger charge is -2.25. The Morgan fingerprint density at radius 2 is 2.19 bits per heavy atom. The second kappa shape index (κ2) is 4.38. The van der Waals surface area contributed by atoms with Gasteiger partial charge in [0.1, 0.15) is 0 Å². The molecule has 2 rings (SSSR count). The van der Waals surface area contributed by atoms with Crippen LogP contribution in [0.15, 0.2) is 24.3 Å². The highest BCUT2D eigenvalue weighted by Gasteiger charge is 2.39. The first-order chi connectivity index (χ1) is 7.69. The van der Waals surface area contributed by atoms with Crippen molar-refractivity contribution in [1.82, 2.24) is 5.32 Å². The van der Waals surface area contributed by atoms with E-state index >= 15 is 0 Å². The molecule has 0 radical (unpaired) electrons. The average molecular weight is 217 g/mol. The van der Waals surface area contributed by atoms with Crippen LogP contribution >= 0.6 is 0 Å². The Bertz CT molecular complexity index is 391. The van der Waals surface area contributed by atoms with Crippen molar-refractivity contribution in [2.75, 3.05) is 13.1 Å². The topological polar surface area (TPSA) is 29.1 Å². The van der Waals surface area contributed by atoms with Crippen molar-refractivity contribution in [3.8, 4) is 0 Å². The van der Waals surface area contributed by atoms with Gasteiger partial charge in [-0.05, 0) is 31.9 Å². The van der Waals surface area contributed by atoms with E-state index in [9.17, 15) is 4.79 Å². The SMILES string of the molecule is CCC1(C(=O)c2ccccc2C)CCNC1. The third-order valence-electron chi connectivity index (χ3n) is 3.79. The lowest BCUT2D eigenvalue weighted by Crippen LogP contribution is -2.33. The maximum absolute atomic E-state index is 12.6. The predicted octanol–water partition coefficient (Wildman–Crippen LogP) is 2.57. The molecule has 1 fully saturated rings. The number of rotatable bonds is 3. The van der Waals surface area contributed by atoms with E-state index in [1.54, 1.807) is 0 Å². The van der Waals surface area contributed by atoms with Crippen LogP contribution in [0.5, 0.6) is 0 Å². The van der Waals surface area contributed by atoms with Crippen LogP contribution in [0.1, 0.15) is 35.7 Å². The monoisotopic (exact) mass is 217 g/mol. The Hall–Kier alpha value is -1.15. The Kier molecular flexibility index (Phi) is 3.10. The van der Waals surface area contributed by atoms with Crippen molar-refractivity contribution in [3.05, 3.63) is 35.4 Å². The largest absolute Gasteiger partial charge is 0.316 e. The minimum atomic E-state index is -0.161. The van der Waals surface area contributed by atoms with E-state index in [2.05, 4.69) is 12.2 Å². The van der Waals surface area contributed by atoms with Gasteiger partial charge in [-0.25, -0.2) is 0 Å². The summed E-state index contributed by atoms with van der Waals surface area (Å²) in [4.78, 5) is 12.6. The molecule has 1 heterocycles. The van der Waals surface area contributed by atoms with Gasteiger partial charge in [-0.3, -0.25) is 4.79 Å². The summed E-state index contributed by atoms with van der Waals surface area (Å²) in [7, 11) is 0. The van der Waals surface area contributed by atoms with Gasteiger partial charge in [0, 0.05) is 17.5 Å². The molecule has 1 unspecified atom stereocenters. The number of aryl methyl sites for hydroxylation is 1. The number of Topliss-reactive ketones (excluding diaryl/α,β-unsaturated/α-hetero) is 1. The average Bonchev–Trinajstić information content (AvgIpc) is 2.78. The fourth-order valence-electron chi connectivity index (χ4n) is 2.51. The van der Waals surface area contributed by atoms with Gasteiger partial charge in [-0.2, -0.15) is 0 Å². The van der Waals surface area contributed by atoms with E-state index in [0.717, 1.165) is 37.1 Å². The molecule has 1 aromatic rings. The van der Waals surface area contributed by atoms with Crippen molar-refractivity contribution >= 4 is 5.78 Å². The zero-order valence-corrected chi connectivity index (χ0v) is 10.0. The third kappa shape index (κ3) is 1.78. The summed E-state index contributed by atoms with van der Waals surface area (Å²) < 4.78 is 0. The first kappa shape index (κ1) is 11.3. The summed E-state index contributed by atoms with van der Waals surface area (Å²) in [5.41, 5.74) is 1.83. The smallest absolute Gasteiger partial charge is 0.170 e. The predicted molar refractivity (Wildman–Crippen MR) is 65.7 cm³/mol. The fraction of sp³-hybridized carbons (Fsp3) is 0.500. The second-order valence-electron chi connectivity index (χ2n) is 4.70. The molecular weight excluding hydrogens is 198 g/mol. The summed E-state index contributed by atoms with van der Waals surface area (Å²) in [6, 6.07) is 7.90. The summed E-state index contributed by atoms with van der Waals surface area (Å²) in [6.45, 7) is 5.92. The number of hydrogen-bond acceptors (Lipinski definition) is 2. The lowest BCUT2D eigenvalue weighted by molar-refractivity contribution is 0.0810. The number of hydrogen-bond donors (Lipinski definition) is 1. The van der Waals surface area contributed by atoms with Gasteiger partial charge in [0.15, 0.2) is 5.78 Å². The van der Waals surface area contributed by atoms with Crippen LogP contribution in [-0.4, -0.2) is 18.9 Å². The van der Waals surface area contributed by atoms with E-state index in [1.807, 2.05) is 31.2 Å². The van der Waals surface area contributed by atoms with Gasteiger partial charge < -0.3 is 5.32 Å². The molecule has 0 aromatic heterocycles. The van der Waals surface area contributed by atoms with Crippen LogP contribution in [0.2, 0.25) is 0 Å². The van der Waals surface area contributed by atoms with Crippen molar-refractivity contribution in [3.63, 3.8) is 0 Å².